The maximum Gasteiger partial charge on any atom is 0.276 e. The molecule has 3 rings (SSSR count). The fraction of sp³-hybridized carbons (Fsp3) is 0.150. The van der Waals surface area contributed by atoms with Crippen LogP contribution in [0, 0.1) is 21.4 Å². The average molecular weight is 391 g/mol. The number of hydrogen-bond acceptors (Lipinski definition) is 6. The third-order valence-corrected chi connectivity index (χ3v) is 3.94. The Morgan fingerprint density at radius 2 is 2.03 bits per heavy atom. The van der Waals surface area contributed by atoms with Gasteiger partial charge in [-0.3, -0.25) is 14.9 Å². The zero-order chi connectivity index (χ0) is 20.6. The van der Waals surface area contributed by atoms with Crippen LogP contribution in [0.5, 0.6) is 5.75 Å². The highest BCUT2D eigenvalue weighted by Crippen LogP contribution is 2.19. The minimum atomic E-state index is -0.479. The molecule has 29 heavy (non-hydrogen) atoms. The van der Waals surface area contributed by atoms with Gasteiger partial charge in [-0.15, -0.1) is 0 Å². The van der Waals surface area contributed by atoms with Crippen molar-refractivity contribution in [1.82, 2.24) is 9.78 Å². The van der Waals surface area contributed by atoms with Crippen LogP contribution in [0.4, 0.5) is 11.4 Å². The summed E-state index contributed by atoms with van der Waals surface area (Å²) in [6, 6.07) is 16.4. The molecule has 9 heteroatoms. The molecule has 0 aliphatic heterocycles. The Hall–Kier alpha value is -4.19. The molecule has 1 N–H and O–H groups in total. The van der Waals surface area contributed by atoms with Crippen molar-refractivity contribution in [2.24, 2.45) is 0 Å². The van der Waals surface area contributed by atoms with E-state index in [2.05, 4.69) is 16.5 Å². The normalized spacial score (nSPS) is 10.2. The van der Waals surface area contributed by atoms with Crippen LogP contribution in [0.1, 0.15) is 23.3 Å². The van der Waals surface area contributed by atoms with Crippen molar-refractivity contribution in [1.29, 1.82) is 5.26 Å². The van der Waals surface area contributed by atoms with E-state index < -0.39 is 10.8 Å². The van der Waals surface area contributed by atoms with E-state index in [4.69, 9.17) is 10.00 Å². The van der Waals surface area contributed by atoms with Gasteiger partial charge >= 0.3 is 0 Å². The summed E-state index contributed by atoms with van der Waals surface area (Å²) < 4.78 is 7.02. The number of carbonyl (C=O) groups excluding carboxylic acids is 1. The van der Waals surface area contributed by atoms with Crippen LogP contribution in [0.2, 0.25) is 0 Å². The van der Waals surface area contributed by atoms with Gasteiger partial charge in [0.25, 0.3) is 11.6 Å². The Labute approximate surface area is 166 Å². The topological polar surface area (TPSA) is 123 Å². The largest absolute Gasteiger partial charge is 0.493 e. The van der Waals surface area contributed by atoms with E-state index in [1.54, 1.807) is 48.7 Å². The molecule has 0 radical (unpaired) electrons. The number of aromatic nitrogens is 2. The molecule has 0 aliphatic rings. The summed E-state index contributed by atoms with van der Waals surface area (Å²) in [5.41, 5.74) is 1.33. The monoisotopic (exact) mass is 391 g/mol. The number of benzene rings is 2. The summed E-state index contributed by atoms with van der Waals surface area (Å²) in [4.78, 5) is 22.7. The average Bonchev–Trinajstić information content (AvgIpc) is 3.22. The molecule has 146 valence electrons. The zero-order valence-electron chi connectivity index (χ0n) is 15.3. The third kappa shape index (κ3) is 5.17. The number of ether oxygens (including phenoxy) is 1. The second-order valence-corrected chi connectivity index (χ2v) is 6.01. The highest BCUT2D eigenvalue weighted by molar-refractivity contribution is 6.02. The van der Waals surface area contributed by atoms with Gasteiger partial charge in [0.05, 0.1) is 23.3 Å². The van der Waals surface area contributed by atoms with E-state index in [-0.39, 0.29) is 11.4 Å². The highest BCUT2D eigenvalue weighted by atomic mass is 16.6. The Morgan fingerprint density at radius 3 is 2.76 bits per heavy atom. The van der Waals surface area contributed by atoms with Crippen molar-refractivity contribution < 1.29 is 14.5 Å². The first-order valence-corrected chi connectivity index (χ1v) is 8.78. The fourth-order valence-corrected chi connectivity index (χ4v) is 2.52. The predicted molar refractivity (Wildman–Crippen MR) is 105 cm³/mol. The second-order valence-electron chi connectivity index (χ2n) is 6.01. The number of nitriles is 1. The molecule has 1 aromatic heterocycles. The van der Waals surface area contributed by atoms with Gasteiger partial charge < -0.3 is 10.1 Å². The summed E-state index contributed by atoms with van der Waals surface area (Å²) in [7, 11) is 0. The quantitative estimate of drug-likeness (QED) is 0.355. The van der Waals surface area contributed by atoms with E-state index in [0.29, 0.717) is 36.6 Å². The van der Waals surface area contributed by atoms with Crippen molar-refractivity contribution in [3.05, 3.63) is 76.6 Å². The van der Waals surface area contributed by atoms with Crippen LogP contribution in [0.3, 0.4) is 0 Å². The number of unbranched alkanes of at least 4 members (excludes halogenated alkanes) is 1. The lowest BCUT2D eigenvalue weighted by atomic mass is 10.3. The summed E-state index contributed by atoms with van der Waals surface area (Å²) in [6.07, 6.45) is 2.66. The van der Waals surface area contributed by atoms with E-state index in [9.17, 15) is 14.9 Å². The minimum absolute atomic E-state index is 0.0198. The summed E-state index contributed by atoms with van der Waals surface area (Å²) in [5, 5.41) is 26.2. The number of amides is 1. The van der Waals surface area contributed by atoms with Crippen molar-refractivity contribution in [2.75, 3.05) is 11.9 Å². The van der Waals surface area contributed by atoms with Gasteiger partial charge in [-0.2, -0.15) is 10.4 Å². The van der Waals surface area contributed by atoms with Gasteiger partial charge in [0.1, 0.15) is 5.75 Å². The maximum absolute atomic E-state index is 12.5. The van der Waals surface area contributed by atoms with Crippen molar-refractivity contribution >= 4 is 17.3 Å². The molecule has 1 heterocycles. The van der Waals surface area contributed by atoms with Gasteiger partial charge in [0.2, 0.25) is 0 Å². The van der Waals surface area contributed by atoms with Crippen LogP contribution in [0.15, 0.2) is 60.8 Å². The number of non-ortho nitro benzene ring substituents is 1. The van der Waals surface area contributed by atoms with E-state index >= 15 is 0 Å². The van der Waals surface area contributed by atoms with Gasteiger partial charge in [-0.1, -0.05) is 6.07 Å². The molecule has 1 amide bonds. The molecule has 0 fully saturated rings. The molecule has 0 atom stereocenters. The van der Waals surface area contributed by atoms with Crippen LogP contribution in [0.25, 0.3) is 5.69 Å². The van der Waals surface area contributed by atoms with Crippen molar-refractivity contribution in [3.8, 4) is 17.5 Å². The molecular weight excluding hydrogens is 374 g/mol. The number of nitrogens with zero attached hydrogens (tertiary/aromatic N) is 4. The van der Waals surface area contributed by atoms with Gasteiger partial charge in [-0.25, -0.2) is 4.68 Å². The van der Waals surface area contributed by atoms with Crippen molar-refractivity contribution in [3.63, 3.8) is 0 Å². The lowest BCUT2D eigenvalue weighted by Crippen LogP contribution is -2.13. The lowest BCUT2D eigenvalue weighted by molar-refractivity contribution is -0.384. The van der Waals surface area contributed by atoms with Gasteiger partial charge in [0, 0.05) is 36.5 Å². The molecule has 0 saturated heterocycles. The van der Waals surface area contributed by atoms with E-state index in [1.807, 2.05) is 0 Å². The molecule has 0 bridgehead atoms. The van der Waals surface area contributed by atoms with Crippen molar-refractivity contribution in [2.45, 2.75) is 12.8 Å². The van der Waals surface area contributed by atoms with Crippen LogP contribution in [-0.4, -0.2) is 27.2 Å². The predicted octanol–water partition coefficient (Wildman–Crippen LogP) is 3.72. The number of nitro benzene ring substituents is 1. The SMILES string of the molecule is N#CCCCOc1cccc(NC(=O)c2ccn(-c3ccc([N+](=O)[O-])cc3)n2)c1. The molecule has 0 unspecified atom stereocenters. The Morgan fingerprint density at radius 1 is 1.24 bits per heavy atom. The van der Waals surface area contributed by atoms with E-state index in [1.165, 1.54) is 16.8 Å². The number of rotatable bonds is 8. The number of nitrogens with one attached hydrogen (secondary N) is 1. The summed E-state index contributed by atoms with van der Waals surface area (Å²) in [5.74, 6) is 0.199. The number of hydrogen-bond donors (Lipinski definition) is 1. The zero-order valence-corrected chi connectivity index (χ0v) is 15.3. The Kier molecular flexibility index (Phi) is 6.17. The third-order valence-electron chi connectivity index (χ3n) is 3.94. The molecule has 2 aromatic carbocycles. The summed E-state index contributed by atoms with van der Waals surface area (Å²) >= 11 is 0. The number of nitro groups is 1. The molecule has 0 saturated carbocycles. The first-order valence-electron chi connectivity index (χ1n) is 8.78. The minimum Gasteiger partial charge on any atom is -0.493 e. The van der Waals surface area contributed by atoms with Crippen LogP contribution in [-0.2, 0) is 0 Å². The standard InChI is InChI=1S/C20H17N5O4/c21-11-1-2-13-29-18-5-3-4-15(14-18)22-20(26)19-10-12-24(23-19)16-6-8-17(9-7-16)25(27)28/h3-10,12,14H,1-2,13H2,(H,22,26). The van der Waals surface area contributed by atoms with Gasteiger partial charge in [-0.05, 0) is 36.8 Å². The van der Waals surface area contributed by atoms with Crippen LogP contribution >= 0.6 is 0 Å². The number of anilines is 1. The smallest absolute Gasteiger partial charge is 0.276 e. The first-order chi connectivity index (χ1) is 14.1. The maximum atomic E-state index is 12.5. The lowest BCUT2D eigenvalue weighted by Gasteiger charge is -2.08. The van der Waals surface area contributed by atoms with Gasteiger partial charge in [0.15, 0.2) is 5.69 Å². The Balaban J connectivity index is 1.64. The summed E-state index contributed by atoms with van der Waals surface area (Å²) in [6.45, 7) is 0.421. The molecule has 9 nitrogen and oxygen atoms in total. The first kappa shape index (κ1) is 19.6. The molecule has 0 aliphatic carbocycles. The van der Waals surface area contributed by atoms with E-state index in [0.717, 1.165) is 0 Å². The fourth-order valence-electron chi connectivity index (χ4n) is 2.52. The Bertz CT molecular complexity index is 1050. The molecule has 3 aromatic rings. The molecule has 0 spiro atoms. The van der Waals surface area contributed by atoms with Crippen LogP contribution < -0.4 is 10.1 Å². The number of carbonyl (C=O) groups is 1. The molecular formula is C20H17N5O4. The highest BCUT2D eigenvalue weighted by Gasteiger charge is 2.12. The second kappa shape index (κ2) is 9.14.